The second-order valence-corrected chi connectivity index (χ2v) is 5.43. The van der Waals surface area contributed by atoms with E-state index in [1.165, 1.54) is 0 Å². The van der Waals surface area contributed by atoms with Crippen molar-refractivity contribution in [3.63, 3.8) is 0 Å². The lowest BCUT2D eigenvalue weighted by molar-refractivity contribution is 0.328. The molecule has 0 bridgehead atoms. The molecule has 8 heteroatoms. The highest BCUT2D eigenvalue weighted by atomic mass is 32.1. The summed E-state index contributed by atoms with van der Waals surface area (Å²) in [5.74, 6) is 2.55. The quantitative estimate of drug-likeness (QED) is 0.594. The van der Waals surface area contributed by atoms with Gasteiger partial charge in [-0.2, -0.15) is 4.98 Å². The van der Waals surface area contributed by atoms with E-state index in [9.17, 15) is 0 Å². The average Bonchev–Trinajstić information content (AvgIpc) is 2.56. The molecule has 0 saturated heterocycles. The summed E-state index contributed by atoms with van der Waals surface area (Å²) in [5.41, 5.74) is 11.8. The Morgan fingerprint density at radius 3 is 2.91 bits per heavy atom. The summed E-state index contributed by atoms with van der Waals surface area (Å²) in [6.45, 7) is 2.18. The van der Waals surface area contributed by atoms with E-state index in [1.54, 1.807) is 0 Å². The molecule has 1 aliphatic heterocycles. The fraction of sp³-hybridized carbons (Fsp3) is 0.333. The highest BCUT2D eigenvalue weighted by Crippen LogP contribution is 2.45. The molecule has 0 unspecified atom stereocenters. The third-order valence-electron chi connectivity index (χ3n) is 3.39. The van der Waals surface area contributed by atoms with Crippen molar-refractivity contribution in [1.29, 1.82) is 0 Å². The van der Waals surface area contributed by atoms with Gasteiger partial charge in [0.2, 0.25) is 4.77 Å². The second-order valence-electron chi connectivity index (χ2n) is 5.07. The number of para-hydroxylation sites is 1. The minimum absolute atomic E-state index is 0.429. The Kier molecular flexibility index (Phi) is 4.75. The molecule has 1 aromatic heterocycles. The van der Waals surface area contributed by atoms with Gasteiger partial charge in [-0.05, 0) is 37.3 Å². The smallest absolute Gasteiger partial charge is 0.201 e. The zero-order chi connectivity index (χ0) is 16.2. The van der Waals surface area contributed by atoms with Gasteiger partial charge in [-0.1, -0.05) is 6.07 Å². The Balaban J connectivity index is 1.92. The van der Waals surface area contributed by atoms with E-state index in [0.29, 0.717) is 54.1 Å². The summed E-state index contributed by atoms with van der Waals surface area (Å²) < 4.78 is 13.9. The number of benzene rings is 1. The van der Waals surface area contributed by atoms with Crippen LogP contribution in [0.1, 0.15) is 6.42 Å². The fourth-order valence-electron chi connectivity index (χ4n) is 2.30. The lowest BCUT2D eigenvalue weighted by Gasteiger charge is -2.23. The third-order valence-corrected chi connectivity index (χ3v) is 3.72. The maximum Gasteiger partial charge on any atom is 0.201 e. The van der Waals surface area contributed by atoms with Crippen molar-refractivity contribution >= 4 is 23.7 Å². The minimum Gasteiger partial charge on any atom is -0.490 e. The van der Waals surface area contributed by atoms with E-state index in [-0.39, 0.29) is 0 Å². The number of fused-ring (bicyclic) bond motifs is 2. The number of aryl methyl sites for hydroxylation is 1. The molecule has 3 rings (SSSR count). The van der Waals surface area contributed by atoms with Crippen LogP contribution in [-0.4, -0.2) is 29.2 Å². The first-order chi connectivity index (χ1) is 11.2. The molecule has 23 heavy (non-hydrogen) atoms. The number of hydrogen-bond donors (Lipinski definition) is 3. The Bertz CT molecular complexity index is 762. The van der Waals surface area contributed by atoms with Crippen LogP contribution < -0.4 is 26.3 Å². The number of ether oxygens (including phenoxy) is 2. The molecular weight excluding hydrogens is 314 g/mol. The molecule has 0 radical (unpaired) electrons. The fourth-order valence-corrected chi connectivity index (χ4v) is 2.54. The topological polar surface area (TPSA) is 100 Å². The van der Waals surface area contributed by atoms with Gasteiger partial charge in [0.15, 0.2) is 17.3 Å². The molecule has 2 heterocycles. The maximum atomic E-state index is 5.94. The number of rotatable bonds is 6. The number of nitrogens with one attached hydrogen (secondary N) is 1. The molecule has 0 atom stereocenters. The van der Waals surface area contributed by atoms with E-state index in [4.69, 9.17) is 33.2 Å². The van der Waals surface area contributed by atoms with Crippen LogP contribution in [0.5, 0.6) is 17.2 Å². The molecule has 5 N–H and O–H groups in total. The van der Waals surface area contributed by atoms with E-state index in [1.807, 2.05) is 29.0 Å². The van der Waals surface area contributed by atoms with Crippen molar-refractivity contribution in [3.8, 4) is 17.2 Å². The zero-order valence-electron chi connectivity index (χ0n) is 12.6. The summed E-state index contributed by atoms with van der Waals surface area (Å²) in [5, 5.41) is 3.24. The molecule has 1 aromatic carbocycles. The molecule has 0 amide bonds. The van der Waals surface area contributed by atoms with Gasteiger partial charge in [-0.25, -0.2) is 0 Å². The predicted molar refractivity (Wildman–Crippen MR) is 91.1 cm³/mol. The van der Waals surface area contributed by atoms with Gasteiger partial charge in [-0.15, -0.1) is 0 Å². The highest BCUT2D eigenvalue weighted by Gasteiger charge is 2.22. The second kappa shape index (κ2) is 6.95. The van der Waals surface area contributed by atoms with E-state index >= 15 is 0 Å². The van der Waals surface area contributed by atoms with Crippen LogP contribution in [0.15, 0.2) is 24.4 Å². The van der Waals surface area contributed by atoms with Gasteiger partial charge >= 0.3 is 0 Å². The summed E-state index contributed by atoms with van der Waals surface area (Å²) in [7, 11) is 0. The Morgan fingerprint density at radius 2 is 2.13 bits per heavy atom. The number of hydrogen-bond acceptors (Lipinski definition) is 7. The van der Waals surface area contributed by atoms with Crippen molar-refractivity contribution < 1.29 is 9.47 Å². The van der Waals surface area contributed by atoms with E-state index < -0.39 is 0 Å². The number of nitrogens with zero attached hydrogens (tertiary/aromatic N) is 2. The van der Waals surface area contributed by atoms with Gasteiger partial charge in [0.1, 0.15) is 18.0 Å². The van der Waals surface area contributed by atoms with Crippen LogP contribution in [0.2, 0.25) is 0 Å². The van der Waals surface area contributed by atoms with Gasteiger partial charge < -0.3 is 30.8 Å². The molecule has 122 valence electrons. The van der Waals surface area contributed by atoms with Crippen molar-refractivity contribution in [2.45, 2.75) is 13.0 Å². The number of aromatic nitrogens is 2. The molecule has 0 spiro atoms. The van der Waals surface area contributed by atoms with Crippen molar-refractivity contribution in [3.05, 3.63) is 29.2 Å². The predicted octanol–water partition coefficient (Wildman–Crippen LogP) is 2.15. The van der Waals surface area contributed by atoms with E-state index in [2.05, 4.69) is 10.3 Å². The molecule has 1 aliphatic rings. The molecule has 2 aromatic rings. The minimum atomic E-state index is 0.429. The first-order valence-corrected chi connectivity index (χ1v) is 7.86. The van der Waals surface area contributed by atoms with Crippen molar-refractivity contribution in [2.75, 3.05) is 25.0 Å². The number of nitrogens with two attached hydrogens (primary N) is 2. The zero-order valence-corrected chi connectivity index (χ0v) is 13.4. The first-order valence-electron chi connectivity index (χ1n) is 7.45. The van der Waals surface area contributed by atoms with Gasteiger partial charge in [0, 0.05) is 13.1 Å². The average molecular weight is 333 g/mol. The first kappa shape index (κ1) is 15.7. The maximum absolute atomic E-state index is 5.94. The van der Waals surface area contributed by atoms with Crippen LogP contribution in [0, 0.1) is 4.77 Å². The summed E-state index contributed by atoms with van der Waals surface area (Å²) >= 11 is 5.32. The largest absolute Gasteiger partial charge is 0.490 e. The van der Waals surface area contributed by atoms with Gasteiger partial charge in [-0.3, -0.25) is 0 Å². The Morgan fingerprint density at radius 1 is 1.26 bits per heavy atom. The van der Waals surface area contributed by atoms with Crippen LogP contribution in [0.3, 0.4) is 0 Å². The van der Waals surface area contributed by atoms with Gasteiger partial charge in [0.25, 0.3) is 0 Å². The molecule has 0 fully saturated rings. The highest BCUT2D eigenvalue weighted by molar-refractivity contribution is 7.71. The monoisotopic (exact) mass is 333 g/mol. The number of anilines is 2. The Labute approximate surface area is 139 Å². The SMILES string of the molecule is NCCCn1cc2c(nc1=S)Nc1c(OCCN)cccc1O2. The van der Waals surface area contributed by atoms with E-state index in [0.717, 1.165) is 12.1 Å². The van der Waals surface area contributed by atoms with Crippen molar-refractivity contribution in [2.24, 2.45) is 11.5 Å². The van der Waals surface area contributed by atoms with Gasteiger partial charge in [0.05, 0.1) is 6.20 Å². The normalized spacial score (nSPS) is 11.9. The van der Waals surface area contributed by atoms with Crippen LogP contribution in [0.4, 0.5) is 11.5 Å². The molecule has 7 nitrogen and oxygen atoms in total. The van der Waals surface area contributed by atoms with Crippen LogP contribution >= 0.6 is 12.2 Å². The lowest BCUT2D eigenvalue weighted by atomic mass is 10.2. The molecule has 0 saturated carbocycles. The van der Waals surface area contributed by atoms with Crippen LogP contribution in [0.25, 0.3) is 0 Å². The van der Waals surface area contributed by atoms with Crippen LogP contribution in [-0.2, 0) is 6.54 Å². The summed E-state index contributed by atoms with van der Waals surface area (Å²) in [6.07, 6.45) is 2.68. The lowest BCUT2D eigenvalue weighted by Crippen LogP contribution is -2.14. The summed E-state index contributed by atoms with van der Waals surface area (Å²) in [4.78, 5) is 4.41. The third kappa shape index (κ3) is 3.29. The molecular formula is C15H19N5O2S. The van der Waals surface area contributed by atoms with Crippen molar-refractivity contribution in [1.82, 2.24) is 9.55 Å². The standard InChI is InChI=1S/C15H19N5O2S/c16-5-2-7-20-9-12-14(19-15(20)23)18-13-10(21-8-6-17)3-1-4-11(13)22-12/h1,3-4,9H,2,5-8,16-17H2,(H,18,19,23). The Hall–Kier alpha value is -2.16. The molecule has 0 aliphatic carbocycles. The summed E-state index contributed by atoms with van der Waals surface area (Å²) in [6, 6.07) is 5.59.